The number of nitrogens with zero attached hydrogens (tertiary/aromatic N) is 1. The van der Waals surface area contributed by atoms with Gasteiger partial charge >= 0.3 is 5.97 Å². The zero-order valence-electron chi connectivity index (χ0n) is 9.98. The lowest BCUT2D eigenvalue weighted by Gasteiger charge is -2.10. The maximum absolute atomic E-state index is 13.1. The van der Waals surface area contributed by atoms with Gasteiger partial charge in [-0.25, -0.2) is 14.2 Å². The molecule has 2 rings (SSSR count). The van der Waals surface area contributed by atoms with Gasteiger partial charge in [0.15, 0.2) is 0 Å². The fourth-order valence-corrected chi connectivity index (χ4v) is 1.66. The molecule has 1 aromatic carbocycles. The van der Waals surface area contributed by atoms with Crippen LogP contribution in [0.4, 0.5) is 15.9 Å². The van der Waals surface area contributed by atoms with Crippen molar-refractivity contribution in [3.05, 3.63) is 52.9 Å². The van der Waals surface area contributed by atoms with Gasteiger partial charge in [-0.05, 0) is 30.3 Å². The molecule has 0 saturated carbocycles. The highest BCUT2D eigenvalue weighted by molar-refractivity contribution is 6.29. The minimum Gasteiger partial charge on any atom is -0.465 e. The van der Waals surface area contributed by atoms with Gasteiger partial charge in [0.1, 0.15) is 22.4 Å². The van der Waals surface area contributed by atoms with Gasteiger partial charge in [0, 0.05) is 5.69 Å². The Balaban J connectivity index is 2.38. The van der Waals surface area contributed by atoms with Gasteiger partial charge in [-0.1, -0.05) is 17.7 Å². The largest absolute Gasteiger partial charge is 0.465 e. The highest BCUT2D eigenvalue weighted by Crippen LogP contribution is 2.22. The average molecular weight is 281 g/mol. The smallest absolute Gasteiger partial charge is 0.341 e. The molecule has 1 N–H and O–H groups in total. The van der Waals surface area contributed by atoms with E-state index in [1.807, 2.05) is 0 Å². The Morgan fingerprint density at radius 2 is 2.16 bits per heavy atom. The third kappa shape index (κ3) is 3.20. The number of carbonyl (C=O) groups excluding carboxylic acids is 1. The summed E-state index contributed by atoms with van der Waals surface area (Å²) in [7, 11) is 1.27. The number of esters is 1. The Morgan fingerprint density at radius 1 is 1.37 bits per heavy atom. The number of aromatic nitrogens is 1. The van der Waals surface area contributed by atoms with Crippen LogP contribution in [0.3, 0.4) is 0 Å². The van der Waals surface area contributed by atoms with Crippen LogP contribution in [0.2, 0.25) is 5.15 Å². The Labute approximate surface area is 114 Å². The van der Waals surface area contributed by atoms with Crippen molar-refractivity contribution in [1.82, 2.24) is 4.98 Å². The molecule has 1 aromatic heterocycles. The summed E-state index contributed by atoms with van der Waals surface area (Å²) in [6.45, 7) is 0. The molecule has 0 aliphatic rings. The van der Waals surface area contributed by atoms with Crippen molar-refractivity contribution in [3.63, 3.8) is 0 Å². The molecule has 0 saturated heterocycles. The van der Waals surface area contributed by atoms with E-state index in [0.29, 0.717) is 5.69 Å². The predicted octanol–water partition coefficient (Wildman–Crippen LogP) is 3.40. The SMILES string of the molecule is COC(=O)c1ccc(Cl)nc1Nc1cccc(F)c1. The fourth-order valence-electron chi connectivity index (χ4n) is 1.51. The van der Waals surface area contributed by atoms with Crippen molar-refractivity contribution >= 4 is 29.1 Å². The van der Waals surface area contributed by atoms with E-state index in [2.05, 4.69) is 15.0 Å². The molecule has 0 atom stereocenters. The molecule has 0 bridgehead atoms. The number of carbonyl (C=O) groups is 1. The van der Waals surface area contributed by atoms with Crippen LogP contribution in [-0.4, -0.2) is 18.1 Å². The van der Waals surface area contributed by atoms with Gasteiger partial charge in [0.05, 0.1) is 7.11 Å². The molecule has 0 amide bonds. The molecule has 0 radical (unpaired) electrons. The number of rotatable bonds is 3. The van der Waals surface area contributed by atoms with Crippen LogP contribution < -0.4 is 5.32 Å². The van der Waals surface area contributed by atoms with Crippen LogP contribution in [0.1, 0.15) is 10.4 Å². The third-order valence-electron chi connectivity index (χ3n) is 2.35. The second-order valence-electron chi connectivity index (χ2n) is 3.66. The number of benzene rings is 1. The maximum atomic E-state index is 13.1. The highest BCUT2D eigenvalue weighted by Gasteiger charge is 2.14. The first-order valence-electron chi connectivity index (χ1n) is 5.37. The summed E-state index contributed by atoms with van der Waals surface area (Å²) in [6.07, 6.45) is 0. The van der Waals surface area contributed by atoms with Crippen molar-refractivity contribution in [3.8, 4) is 0 Å². The predicted molar refractivity (Wildman–Crippen MR) is 70.3 cm³/mol. The van der Waals surface area contributed by atoms with E-state index >= 15 is 0 Å². The summed E-state index contributed by atoms with van der Waals surface area (Å²) >= 11 is 5.78. The number of halogens is 2. The summed E-state index contributed by atoms with van der Waals surface area (Å²) in [5, 5.41) is 3.05. The normalized spacial score (nSPS) is 10.1. The lowest BCUT2D eigenvalue weighted by molar-refractivity contribution is 0.0601. The van der Waals surface area contributed by atoms with Crippen LogP contribution in [0.25, 0.3) is 0 Å². The standard InChI is InChI=1S/C13H10ClFN2O2/c1-19-13(18)10-5-6-11(14)17-12(10)16-9-4-2-3-8(15)7-9/h2-7H,1H3,(H,16,17). The number of methoxy groups -OCH3 is 1. The van der Waals surface area contributed by atoms with E-state index in [1.165, 1.54) is 31.4 Å². The van der Waals surface area contributed by atoms with Gasteiger partial charge < -0.3 is 10.1 Å². The quantitative estimate of drug-likeness (QED) is 0.691. The minimum absolute atomic E-state index is 0.213. The molecular formula is C13H10ClFN2O2. The number of anilines is 2. The van der Waals surface area contributed by atoms with Crippen LogP contribution in [0.5, 0.6) is 0 Å². The Morgan fingerprint density at radius 3 is 2.84 bits per heavy atom. The second kappa shape index (κ2) is 5.67. The van der Waals surface area contributed by atoms with Gasteiger partial charge in [-0.3, -0.25) is 0 Å². The molecule has 4 nitrogen and oxygen atoms in total. The van der Waals surface area contributed by atoms with E-state index in [4.69, 9.17) is 11.6 Å². The van der Waals surface area contributed by atoms with E-state index < -0.39 is 11.8 Å². The Bertz CT molecular complexity index is 619. The number of pyridine rings is 1. The van der Waals surface area contributed by atoms with Crippen molar-refractivity contribution in [2.75, 3.05) is 12.4 Å². The van der Waals surface area contributed by atoms with E-state index in [1.54, 1.807) is 12.1 Å². The summed E-state index contributed by atoms with van der Waals surface area (Å²) in [5.41, 5.74) is 0.677. The van der Waals surface area contributed by atoms with Crippen LogP contribution in [-0.2, 0) is 4.74 Å². The van der Waals surface area contributed by atoms with E-state index in [9.17, 15) is 9.18 Å². The number of hydrogen-bond acceptors (Lipinski definition) is 4. The molecule has 0 unspecified atom stereocenters. The van der Waals surface area contributed by atoms with Crippen molar-refractivity contribution in [2.45, 2.75) is 0 Å². The molecule has 2 aromatic rings. The molecule has 98 valence electrons. The lowest BCUT2D eigenvalue weighted by atomic mass is 10.2. The maximum Gasteiger partial charge on any atom is 0.341 e. The average Bonchev–Trinajstić information content (AvgIpc) is 2.38. The van der Waals surface area contributed by atoms with Crippen LogP contribution in [0, 0.1) is 5.82 Å². The number of hydrogen-bond donors (Lipinski definition) is 1. The first-order chi connectivity index (χ1) is 9.10. The third-order valence-corrected chi connectivity index (χ3v) is 2.56. The Kier molecular flexibility index (Phi) is 3.97. The second-order valence-corrected chi connectivity index (χ2v) is 4.04. The lowest BCUT2D eigenvalue weighted by Crippen LogP contribution is -2.07. The molecule has 0 spiro atoms. The highest BCUT2D eigenvalue weighted by atomic mass is 35.5. The molecule has 19 heavy (non-hydrogen) atoms. The molecule has 0 aliphatic heterocycles. The zero-order chi connectivity index (χ0) is 13.8. The summed E-state index contributed by atoms with van der Waals surface area (Å²) in [4.78, 5) is 15.6. The number of ether oxygens (including phenoxy) is 1. The van der Waals surface area contributed by atoms with Gasteiger partial charge in [0.25, 0.3) is 0 Å². The minimum atomic E-state index is -0.553. The van der Waals surface area contributed by atoms with Gasteiger partial charge in [-0.2, -0.15) is 0 Å². The fraction of sp³-hybridized carbons (Fsp3) is 0.0769. The monoisotopic (exact) mass is 280 g/mol. The van der Waals surface area contributed by atoms with E-state index in [-0.39, 0.29) is 16.5 Å². The Hall–Kier alpha value is -2.14. The number of nitrogens with one attached hydrogen (secondary N) is 1. The summed E-state index contributed by atoms with van der Waals surface area (Å²) < 4.78 is 17.7. The van der Waals surface area contributed by atoms with Crippen LogP contribution in [0.15, 0.2) is 36.4 Å². The zero-order valence-corrected chi connectivity index (χ0v) is 10.7. The van der Waals surface area contributed by atoms with Crippen molar-refractivity contribution in [1.29, 1.82) is 0 Å². The van der Waals surface area contributed by atoms with Crippen LogP contribution >= 0.6 is 11.6 Å². The first-order valence-corrected chi connectivity index (χ1v) is 5.75. The van der Waals surface area contributed by atoms with Crippen molar-refractivity contribution < 1.29 is 13.9 Å². The van der Waals surface area contributed by atoms with E-state index in [0.717, 1.165) is 0 Å². The molecule has 1 heterocycles. The molecule has 6 heteroatoms. The van der Waals surface area contributed by atoms with Crippen molar-refractivity contribution in [2.24, 2.45) is 0 Å². The topological polar surface area (TPSA) is 51.2 Å². The molecule has 0 fully saturated rings. The summed E-state index contributed by atoms with van der Waals surface area (Å²) in [6, 6.07) is 8.75. The van der Waals surface area contributed by atoms with Gasteiger partial charge in [-0.15, -0.1) is 0 Å². The van der Waals surface area contributed by atoms with Gasteiger partial charge in [0.2, 0.25) is 0 Å². The first kappa shape index (κ1) is 13.3. The summed E-state index contributed by atoms with van der Waals surface area (Å²) in [5.74, 6) is -0.736. The molecule has 0 aliphatic carbocycles. The molecular weight excluding hydrogens is 271 g/mol.